The molecule has 0 amide bonds. The van der Waals surface area contributed by atoms with Crippen molar-refractivity contribution in [1.29, 1.82) is 0 Å². The molecular weight excluding hydrogens is 294 g/mol. The van der Waals surface area contributed by atoms with E-state index in [1.807, 2.05) is 0 Å². The fourth-order valence-corrected chi connectivity index (χ4v) is 3.46. The lowest BCUT2D eigenvalue weighted by Gasteiger charge is -2.07. The summed E-state index contributed by atoms with van der Waals surface area (Å²) in [7, 11) is -3.70. The summed E-state index contributed by atoms with van der Waals surface area (Å²) in [6.45, 7) is 2.99. The lowest BCUT2D eigenvalue weighted by Crippen LogP contribution is -2.26. The quantitative estimate of drug-likeness (QED) is 0.542. The Kier molecular flexibility index (Phi) is 5.93. The van der Waals surface area contributed by atoms with Crippen LogP contribution in [0.15, 0.2) is 4.90 Å². The zero-order valence-electron chi connectivity index (χ0n) is 12.1. The molecule has 8 heteroatoms. The number of aromatic nitrogens is 2. The van der Waals surface area contributed by atoms with E-state index in [2.05, 4.69) is 15.7 Å². The van der Waals surface area contributed by atoms with Crippen molar-refractivity contribution in [1.82, 2.24) is 14.5 Å². The second-order valence-corrected chi connectivity index (χ2v) is 6.31. The number of nitrogens with one attached hydrogen (secondary N) is 1. The molecule has 0 atom stereocenters. The van der Waals surface area contributed by atoms with E-state index in [1.165, 1.54) is 18.5 Å². The molecule has 116 valence electrons. The maximum atomic E-state index is 12.3. The molecule has 0 spiro atoms. The molecule has 0 aliphatic carbocycles. The van der Waals surface area contributed by atoms with Crippen LogP contribution in [-0.4, -0.2) is 35.8 Å². The van der Waals surface area contributed by atoms with Crippen LogP contribution in [0.5, 0.6) is 0 Å². The van der Waals surface area contributed by atoms with Crippen LogP contribution in [0, 0.1) is 26.2 Å². The molecule has 21 heavy (non-hydrogen) atoms. The summed E-state index contributed by atoms with van der Waals surface area (Å²) >= 11 is 0. The molecule has 7 nitrogen and oxygen atoms in total. The monoisotopic (exact) mass is 313 g/mol. The first-order valence-electron chi connectivity index (χ1n) is 6.48. The normalized spacial score (nSPS) is 11.3. The van der Waals surface area contributed by atoms with Gasteiger partial charge in [0.2, 0.25) is 10.0 Å². The van der Waals surface area contributed by atoms with Crippen molar-refractivity contribution in [3.63, 3.8) is 0 Å². The number of sulfonamides is 1. The molecule has 0 aromatic carbocycles. The summed E-state index contributed by atoms with van der Waals surface area (Å²) in [5.74, 6) is 1.41. The largest absolute Gasteiger partial charge is 0.480 e. The molecule has 0 radical (unpaired) electrons. The molecule has 0 saturated heterocycles. The van der Waals surface area contributed by atoms with Gasteiger partial charge in [-0.25, -0.2) is 13.1 Å². The summed E-state index contributed by atoms with van der Waals surface area (Å²) in [5.41, 5.74) is 0.593. The lowest BCUT2D eigenvalue weighted by molar-refractivity contribution is -0.137. The van der Waals surface area contributed by atoms with Crippen LogP contribution in [0.25, 0.3) is 0 Å². The van der Waals surface area contributed by atoms with E-state index < -0.39 is 16.0 Å². The van der Waals surface area contributed by atoms with E-state index in [1.54, 1.807) is 0 Å². The van der Waals surface area contributed by atoms with Gasteiger partial charge < -0.3 is 5.11 Å². The Hall–Kier alpha value is -1.85. The van der Waals surface area contributed by atoms with Crippen molar-refractivity contribution >= 4 is 16.0 Å². The minimum atomic E-state index is -3.70. The number of rotatable bonds is 8. The van der Waals surface area contributed by atoms with Crippen LogP contribution in [0.2, 0.25) is 0 Å². The third-order valence-electron chi connectivity index (χ3n) is 2.91. The Balaban J connectivity index is 2.86. The van der Waals surface area contributed by atoms with E-state index in [0.717, 1.165) is 6.42 Å². The SMILES string of the molecule is C#CCCCCNS(=O)(=O)c1c(C)nn(CC(=O)O)c1C. The van der Waals surface area contributed by atoms with E-state index in [4.69, 9.17) is 11.5 Å². The van der Waals surface area contributed by atoms with E-state index in [0.29, 0.717) is 18.5 Å². The molecule has 0 unspecified atom stereocenters. The average Bonchev–Trinajstić information content (AvgIpc) is 2.63. The fraction of sp³-hybridized carbons (Fsp3) is 0.538. The van der Waals surface area contributed by atoms with Gasteiger partial charge in [0.1, 0.15) is 11.4 Å². The smallest absolute Gasteiger partial charge is 0.325 e. The highest BCUT2D eigenvalue weighted by Gasteiger charge is 2.24. The summed E-state index contributed by atoms with van der Waals surface area (Å²) in [5, 5.41) is 12.7. The highest BCUT2D eigenvalue weighted by molar-refractivity contribution is 7.89. The summed E-state index contributed by atoms with van der Waals surface area (Å²) < 4.78 is 28.2. The third kappa shape index (κ3) is 4.58. The Morgan fingerprint density at radius 1 is 1.43 bits per heavy atom. The number of nitrogens with zero attached hydrogens (tertiary/aromatic N) is 2. The van der Waals surface area contributed by atoms with Crippen LogP contribution >= 0.6 is 0 Å². The molecule has 1 aromatic rings. The van der Waals surface area contributed by atoms with Crippen molar-refractivity contribution < 1.29 is 18.3 Å². The maximum Gasteiger partial charge on any atom is 0.325 e. The van der Waals surface area contributed by atoms with Gasteiger partial charge in [-0.3, -0.25) is 9.48 Å². The third-order valence-corrected chi connectivity index (χ3v) is 4.62. The molecule has 0 aliphatic rings. The molecule has 1 rings (SSSR count). The number of unbranched alkanes of at least 4 members (excludes halogenated alkanes) is 2. The van der Waals surface area contributed by atoms with Gasteiger partial charge in [-0.15, -0.1) is 12.3 Å². The topological polar surface area (TPSA) is 101 Å². The first-order chi connectivity index (χ1) is 9.79. The van der Waals surface area contributed by atoms with Crippen LogP contribution in [0.1, 0.15) is 30.7 Å². The predicted molar refractivity (Wildman–Crippen MR) is 77.2 cm³/mol. The van der Waals surface area contributed by atoms with Gasteiger partial charge in [-0.2, -0.15) is 5.10 Å². The number of carbonyl (C=O) groups is 1. The number of terminal acetylenes is 1. The van der Waals surface area contributed by atoms with Crippen LogP contribution in [0.3, 0.4) is 0 Å². The fourth-order valence-electron chi connectivity index (χ4n) is 1.98. The number of aliphatic carboxylic acids is 1. The van der Waals surface area contributed by atoms with Crippen molar-refractivity contribution in [2.45, 2.75) is 44.6 Å². The van der Waals surface area contributed by atoms with Gasteiger partial charge >= 0.3 is 5.97 Å². The first-order valence-corrected chi connectivity index (χ1v) is 7.97. The second kappa shape index (κ2) is 7.24. The Morgan fingerprint density at radius 2 is 2.10 bits per heavy atom. The molecule has 2 N–H and O–H groups in total. The van der Waals surface area contributed by atoms with E-state index in [-0.39, 0.29) is 23.7 Å². The minimum absolute atomic E-state index is 0.0423. The standard InChI is InChI=1S/C13H19N3O4S/c1-4-5-6-7-8-14-21(19,20)13-10(2)15-16(11(13)3)9-12(17)18/h1,14H,5-9H2,2-3H3,(H,17,18). The van der Waals surface area contributed by atoms with Gasteiger partial charge in [0.25, 0.3) is 0 Å². The highest BCUT2D eigenvalue weighted by atomic mass is 32.2. The lowest BCUT2D eigenvalue weighted by atomic mass is 10.2. The number of hydrogen-bond acceptors (Lipinski definition) is 4. The number of carboxylic acids is 1. The van der Waals surface area contributed by atoms with E-state index >= 15 is 0 Å². The zero-order chi connectivity index (χ0) is 16.0. The molecule has 0 bridgehead atoms. The molecule has 0 fully saturated rings. The van der Waals surface area contributed by atoms with Crippen molar-refractivity contribution in [3.05, 3.63) is 11.4 Å². The summed E-state index contributed by atoms with van der Waals surface area (Å²) in [6, 6.07) is 0. The van der Waals surface area contributed by atoms with Gasteiger partial charge in [-0.1, -0.05) is 0 Å². The van der Waals surface area contributed by atoms with Crippen LogP contribution in [-0.2, 0) is 21.4 Å². The van der Waals surface area contributed by atoms with Gasteiger partial charge in [-0.05, 0) is 26.7 Å². The molecule has 1 heterocycles. The minimum Gasteiger partial charge on any atom is -0.480 e. The predicted octanol–water partition coefficient (Wildman–Crippen LogP) is 0.666. The van der Waals surface area contributed by atoms with Crippen molar-refractivity contribution in [2.75, 3.05) is 6.54 Å². The van der Waals surface area contributed by atoms with Crippen molar-refractivity contribution in [3.8, 4) is 12.3 Å². The highest BCUT2D eigenvalue weighted by Crippen LogP contribution is 2.19. The summed E-state index contributed by atoms with van der Waals surface area (Å²) in [4.78, 5) is 10.8. The second-order valence-electron chi connectivity index (χ2n) is 4.61. The van der Waals surface area contributed by atoms with Crippen LogP contribution < -0.4 is 4.72 Å². The Bertz CT molecular complexity index is 656. The van der Waals surface area contributed by atoms with Gasteiger partial charge in [0.05, 0.1) is 11.4 Å². The number of carboxylic acid groups (broad SMARTS) is 1. The average molecular weight is 313 g/mol. The number of hydrogen-bond donors (Lipinski definition) is 2. The summed E-state index contributed by atoms with van der Waals surface area (Å²) in [6.07, 6.45) is 7.12. The van der Waals surface area contributed by atoms with Gasteiger partial charge in [0, 0.05) is 13.0 Å². The zero-order valence-corrected chi connectivity index (χ0v) is 12.9. The molecule has 0 saturated carbocycles. The van der Waals surface area contributed by atoms with E-state index in [9.17, 15) is 13.2 Å². The van der Waals surface area contributed by atoms with Crippen molar-refractivity contribution in [2.24, 2.45) is 0 Å². The first kappa shape index (κ1) is 17.2. The molecular formula is C13H19N3O4S. The van der Waals surface area contributed by atoms with Crippen LogP contribution in [0.4, 0.5) is 0 Å². The Morgan fingerprint density at radius 3 is 2.67 bits per heavy atom. The Labute approximate surface area is 124 Å². The molecule has 0 aliphatic heterocycles. The number of aryl methyl sites for hydroxylation is 1. The van der Waals surface area contributed by atoms with Gasteiger partial charge in [0.15, 0.2) is 0 Å². The molecule has 1 aromatic heterocycles. The maximum absolute atomic E-state index is 12.3.